The van der Waals surface area contributed by atoms with E-state index in [2.05, 4.69) is 29.4 Å². The number of ether oxygens (including phenoxy) is 1. The lowest BCUT2D eigenvalue weighted by Gasteiger charge is -2.09. The molecule has 0 bridgehead atoms. The van der Waals surface area contributed by atoms with Gasteiger partial charge in [0.15, 0.2) is 0 Å². The molecule has 0 radical (unpaired) electrons. The highest BCUT2D eigenvalue weighted by Crippen LogP contribution is 2.27. The van der Waals surface area contributed by atoms with Gasteiger partial charge in [-0.3, -0.25) is 4.98 Å². The third kappa shape index (κ3) is 3.71. The number of rotatable bonds is 6. The second-order valence-electron chi connectivity index (χ2n) is 4.60. The minimum atomic E-state index is 0.743. The summed E-state index contributed by atoms with van der Waals surface area (Å²) in [5.74, 6) is 0.743. The molecule has 4 heteroatoms. The Kier molecular flexibility index (Phi) is 5.39. The van der Waals surface area contributed by atoms with Crippen LogP contribution in [0.25, 0.3) is 11.1 Å². The van der Waals surface area contributed by atoms with Crippen LogP contribution in [0, 0.1) is 0 Å². The van der Waals surface area contributed by atoms with Gasteiger partial charge in [-0.15, -0.1) is 0 Å². The van der Waals surface area contributed by atoms with Gasteiger partial charge in [0.25, 0.3) is 0 Å². The number of nitrogens with zero attached hydrogens (tertiary/aromatic N) is 1. The molecule has 0 aliphatic heterocycles. The molecule has 0 atom stereocenters. The van der Waals surface area contributed by atoms with Crippen LogP contribution in [-0.2, 0) is 6.54 Å². The van der Waals surface area contributed by atoms with Gasteiger partial charge < -0.3 is 10.1 Å². The molecule has 106 valence electrons. The van der Waals surface area contributed by atoms with E-state index in [0.29, 0.717) is 0 Å². The third-order valence-electron chi connectivity index (χ3n) is 3.08. The van der Waals surface area contributed by atoms with Gasteiger partial charge in [0.2, 0.25) is 0 Å². The molecule has 20 heavy (non-hydrogen) atoms. The number of pyridine rings is 1. The van der Waals surface area contributed by atoms with Crippen molar-refractivity contribution in [2.45, 2.75) is 19.9 Å². The van der Waals surface area contributed by atoms with Gasteiger partial charge in [-0.1, -0.05) is 30.7 Å². The molecule has 1 heterocycles. The Morgan fingerprint density at radius 3 is 2.75 bits per heavy atom. The van der Waals surface area contributed by atoms with E-state index in [4.69, 9.17) is 16.3 Å². The standard InChI is InChI=1S/C16H19ClN2O/c1-3-6-18-9-13-5-4-12(8-16(13)17)14-7-15(20-2)11-19-10-14/h4-5,7-8,10-11,18H,3,6,9H2,1-2H3. The summed E-state index contributed by atoms with van der Waals surface area (Å²) in [5, 5.41) is 4.13. The van der Waals surface area contributed by atoms with E-state index in [1.807, 2.05) is 18.3 Å². The number of hydrogen-bond acceptors (Lipinski definition) is 3. The Balaban J connectivity index is 2.19. The van der Waals surface area contributed by atoms with Crippen molar-refractivity contribution in [1.29, 1.82) is 0 Å². The van der Waals surface area contributed by atoms with Crippen LogP contribution >= 0.6 is 11.6 Å². The number of nitrogens with one attached hydrogen (secondary N) is 1. The Hall–Kier alpha value is -1.58. The van der Waals surface area contributed by atoms with Gasteiger partial charge in [-0.05, 0) is 36.2 Å². The highest BCUT2D eigenvalue weighted by Gasteiger charge is 2.05. The van der Waals surface area contributed by atoms with Gasteiger partial charge in [0.1, 0.15) is 5.75 Å². The third-order valence-corrected chi connectivity index (χ3v) is 3.43. The summed E-state index contributed by atoms with van der Waals surface area (Å²) in [6.07, 6.45) is 4.61. The van der Waals surface area contributed by atoms with Crippen molar-refractivity contribution in [1.82, 2.24) is 10.3 Å². The van der Waals surface area contributed by atoms with E-state index < -0.39 is 0 Å². The molecular formula is C16H19ClN2O. The summed E-state index contributed by atoms with van der Waals surface area (Å²) < 4.78 is 5.19. The lowest BCUT2D eigenvalue weighted by molar-refractivity contribution is 0.413. The van der Waals surface area contributed by atoms with E-state index in [0.717, 1.165) is 47.0 Å². The zero-order chi connectivity index (χ0) is 14.4. The van der Waals surface area contributed by atoms with Crippen LogP contribution in [-0.4, -0.2) is 18.6 Å². The second kappa shape index (κ2) is 7.27. The predicted octanol–water partition coefficient (Wildman–Crippen LogP) is 3.91. The molecule has 0 saturated heterocycles. The first-order valence-corrected chi connectivity index (χ1v) is 7.11. The maximum Gasteiger partial charge on any atom is 0.137 e. The SMILES string of the molecule is CCCNCc1ccc(-c2cncc(OC)c2)cc1Cl. The van der Waals surface area contributed by atoms with Crippen LogP contribution in [0.15, 0.2) is 36.7 Å². The topological polar surface area (TPSA) is 34.2 Å². The Morgan fingerprint density at radius 1 is 1.20 bits per heavy atom. The molecule has 0 aliphatic carbocycles. The maximum atomic E-state index is 6.34. The highest BCUT2D eigenvalue weighted by molar-refractivity contribution is 6.31. The second-order valence-corrected chi connectivity index (χ2v) is 5.00. The van der Waals surface area contributed by atoms with Crippen molar-refractivity contribution in [3.63, 3.8) is 0 Å². The summed E-state index contributed by atoms with van der Waals surface area (Å²) in [6, 6.07) is 8.04. The van der Waals surface area contributed by atoms with E-state index in [9.17, 15) is 0 Å². The first-order chi connectivity index (χ1) is 9.74. The van der Waals surface area contributed by atoms with Gasteiger partial charge in [-0.25, -0.2) is 0 Å². The molecule has 3 nitrogen and oxygen atoms in total. The van der Waals surface area contributed by atoms with Crippen molar-refractivity contribution in [3.05, 3.63) is 47.2 Å². The van der Waals surface area contributed by atoms with Crippen LogP contribution in [0.5, 0.6) is 5.75 Å². The lowest BCUT2D eigenvalue weighted by atomic mass is 10.1. The Labute approximate surface area is 124 Å². The van der Waals surface area contributed by atoms with Crippen molar-refractivity contribution in [2.75, 3.05) is 13.7 Å². The monoisotopic (exact) mass is 290 g/mol. The molecule has 0 unspecified atom stereocenters. The fourth-order valence-corrected chi connectivity index (χ4v) is 2.21. The Morgan fingerprint density at radius 2 is 2.05 bits per heavy atom. The summed E-state index contributed by atoms with van der Waals surface area (Å²) in [7, 11) is 1.64. The number of methoxy groups -OCH3 is 1. The molecule has 1 aromatic heterocycles. The van der Waals surface area contributed by atoms with Crippen molar-refractivity contribution >= 4 is 11.6 Å². The summed E-state index contributed by atoms with van der Waals surface area (Å²) in [4.78, 5) is 4.16. The number of benzene rings is 1. The van der Waals surface area contributed by atoms with Crippen molar-refractivity contribution in [2.24, 2.45) is 0 Å². The van der Waals surface area contributed by atoms with Gasteiger partial charge in [-0.2, -0.15) is 0 Å². The van der Waals surface area contributed by atoms with Crippen LogP contribution < -0.4 is 10.1 Å². The molecule has 0 amide bonds. The fourth-order valence-electron chi connectivity index (χ4n) is 1.96. The maximum absolute atomic E-state index is 6.34. The smallest absolute Gasteiger partial charge is 0.137 e. The van der Waals surface area contributed by atoms with Crippen LogP contribution in [0.3, 0.4) is 0 Å². The van der Waals surface area contributed by atoms with E-state index in [-0.39, 0.29) is 0 Å². The minimum Gasteiger partial charge on any atom is -0.495 e. The largest absolute Gasteiger partial charge is 0.495 e. The molecule has 1 N–H and O–H groups in total. The van der Waals surface area contributed by atoms with Gasteiger partial charge >= 0.3 is 0 Å². The quantitative estimate of drug-likeness (QED) is 0.819. The summed E-state index contributed by atoms with van der Waals surface area (Å²) >= 11 is 6.34. The molecule has 2 rings (SSSR count). The van der Waals surface area contributed by atoms with E-state index in [1.54, 1.807) is 13.3 Å². The fraction of sp³-hybridized carbons (Fsp3) is 0.312. The molecule has 0 saturated carbocycles. The zero-order valence-electron chi connectivity index (χ0n) is 11.8. The average Bonchev–Trinajstić information content (AvgIpc) is 2.49. The number of aromatic nitrogens is 1. The number of halogens is 1. The number of hydrogen-bond donors (Lipinski definition) is 1. The van der Waals surface area contributed by atoms with Crippen LogP contribution in [0.2, 0.25) is 5.02 Å². The normalized spacial score (nSPS) is 10.6. The lowest BCUT2D eigenvalue weighted by Crippen LogP contribution is -2.13. The summed E-state index contributed by atoms with van der Waals surface area (Å²) in [5.41, 5.74) is 3.15. The first kappa shape index (κ1) is 14.8. The zero-order valence-corrected chi connectivity index (χ0v) is 12.6. The van der Waals surface area contributed by atoms with Crippen molar-refractivity contribution in [3.8, 4) is 16.9 Å². The molecule has 0 fully saturated rings. The molecule has 0 aliphatic rings. The van der Waals surface area contributed by atoms with E-state index in [1.165, 1.54) is 0 Å². The van der Waals surface area contributed by atoms with Crippen molar-refractivity contribution < 1.29 is 4.74 Å². The molecule has 1 aromatic carbocycles. The molecular weight excluding hydrogens is 272 g/mol. The predicted molar refractivity (Wildman–Crippen MR) is 83.2 cm³/mol. The Bertz CT molecular complexity index is 572. The van der Waals surface area contributed by atoms with Gasteiger partial charge in [0.05, 0.1) is 13.3 Å². The van der Waals surface area contributed by atoms with Crippen LogP contribution in [0.1, 0.15) is 18.9 Å². The van der Waals surface area contributed by atoms with E-state index >= 15 is 0 Å². The van der Waals surface area contributed by atoms with Gasteiger partial charge in [0, 0.05) is 23.3 Å². The highest BCUT2D eigenvalue weighted by atomic mass is 35.5. The average molecular weight is 291 g/mol. The minimum absolute atomic E-state index is 0.743. The summed E-state index contributed by atoms with van der Waals surface area (Å²) in [6.45, 7) is 3.94. The molecule has 2 aromatic rings. The first-order valence-electron chi connectivity index (χ1n) is 6.73. The van der Waals surface area contributed by atoms with Crippen LogP contribution in [0.4, 0.5) is 0 Å². The molecule has 0 spiro atoms.